The standard InChI is InChI=1S/C24H32N2O3S/c1-5-25(24(27)28-18(2)3)16-19-7-6-8-21(15-19)29-22-13-14-26(17-22)20-9-11-23(30-4)12-10-20/h6-12,15,18,22H,5,13-14,16-17H2,1-4H3. The summed E-state index contributed by atoms with van der Waals surface area (Å²) in [7, 11) is 0. The monoisotopic (exact) mass is 428 g/mol. The Hall–Kier alpha value is -2.34. The van der Waals surface area contributed by atoms with Gasteiger partial charge in [0.25, 0.3) is 0 Å². The predicted molar refractivity (Wildman–Crippen MR) is 124 cm³/mol. The highest BCUT2D eigenvalue weighted by Crippen LogP contribution is 2.26. The van der Waals surface area contributed by atoms with E-state index in [-0.39, 0.29) is 18.3 Å². The molecule has 0 spiro atoms. The molecule has 0 radical (unpaired) electrons. The number of anilines is 1. The number of thioether (sulfide) groups is 1. The smallest absolute Gasteiger partial charge is 0.410 e. The van der Waals surface area contributed by atoms with E-state index < -0.39 is 0 Å². The maximum absolute atomic E-state index is 12.2. The zero-order valence-electron chi connectivity index (χ0n) is 18.3. The van der Waals surface area contributed by atoms with Crippen LogP contribution in [0.2, 0.25) is 0 Å². The summed E-state index contributed by atoms with van der Waals surface area (Å²) in [5.41, 5.74) is 2.28. The zero-order valence-corrected chi connectivity index (χ0v) is 19.2. The predicted octanol–water partition coefficient (Wildman–Crippen LogP) is 5.43. The van der Waals surface area contributed by atoms with Crippen molar-refractivity contribution in [2.45, 2.75) is 50.8 Å². The van der Waals surface area contributed by atoms with E-state index in [0.29, 0.717) is 13.1 Å². The van der Waals surface area contributed by atoms with Crippen LogP contribution < -0.4 is 9.64 Å². The molecule has 0 aliphatic carbocycles. The first-order chi connectivity index (χ1) is 14.5. The number of hydrogen-bond acceptors (Lipinski definition) is 5. The molecule has 3 rings (SSSR count). The van der Waals surface area contributed by atoms with Gasteiger partial charge in [-0.3, -0.25) is 0 Å². The molecule has 2 aromatic rings. The van der Waals surface area contributed by atoms with Crippen molar-refractivity contribution in [2.24, 2.45) is 0 Å². The van der Waals surface area contributed by atoms with Gasteiger partial charge in [0.15, 0.2) is 0 Å². The van der Waals surface area contributed by atoms with Crippen molar-refractivity contribution in [3.63, 3.8) is 0 Å². The first-order valence-corrected chi connectivity index (χ1v) is 11.8. The molecule has 0 bridgehead atoms. The van der Waals surface area contributed by atoms with E-state index in [0.717, 1.165) is 30.8 Å². The van der Waals surface area contributed by atoms with Crippen LogP contribution in [-0.2, 0) is 11.3 Å². The maximum Gasteiger partial charge on any atom is 0.410 e. The summed E-state index contributed by atoms with van der Waals surface area (Å²) in [6.45, 7) is 8.67. The number of carbonyl (C=O) groups excluding carboxylic acids is 1. The fourth-order valence-corrected chi connectivity index (χ4v) is 3.97. The SMILES string of the molecule is CCN(Cc1cccc(OC2CCN(c3ccc(SC)cc3)C2)c1)C(=O)OC(C)C. The Labute approximate surface area is 184 Å². The second-order valence-electron chi connectivity index (χ2n) is 7.77. The van der Waals surface area contributed by atoms with E-state index in [9.17, 15) is 4.79 Å². The van der Waals surface area contributed by atoms with Gasteiger partial charge < -0.3 is 19.3 Å². The summed E-state index contributed by atoms with van der Waals surface area (Å²) < 4.78 is 11.6. The van der Waals surface area contributed by atoms with E-state index >= 15 is 0 Å². The van der Waals surface area contributed by atoms with Crippen LogP contribution in [0.4, 0.5) is 10.5 Å². The number of hydrogen-bond donors (Lipinski definition) is 0. The van der Waals surface area contributed by atoms with E-state index in [2.05, 4.69) is 35.4 Å². The first-order valence-electron chi connectivity index (χ1n) is 10.6. The summed E-state index contributed by atoms with van der Waals surface area (Å²) in [6.07, 6.45) is 2.85. The summed E-state index contributed by atoms with van der Waals surface area (Å²) in [4.78, 5) is 17.6. The van der Waals surface area contributed by atoms with Gasteiger partial charge in [0.05, 0.1) is 12.6 Å². The minimum absolute atomic E-state index is 0.122. The van der Waals surface area contributed by atoms with Gasteiger partial charge in [-0.1, -0.05) is 12.1 Å². The van der Waals surface area contributed by atoms with Gasteiger partial charge in [-0.2, -0.15) is 0 Å². The molecule has 1 atom stereocenters. The van der Waals surface area contributed by atoms with Crippen molar-refractivity contribution in [3.8, 4) is 5.75 Å². The summed E-state index contributed by atoms with van der Waals surface area (Å²) in [5, 5.41) is 0. The topological polar surface area (TPSA) is 42.0 Å². The minimum atomic E-state index is -0.280. The lowest BCUT2D eigenvalue weighted by Gasteiger charge is -2.22. The quantitative estimate of drug-likeness (QED) is 0.524. The van der Waals surface area contributed by atoms with Gasteiger partial charge in [-0.05, 0) is 69.0 Å². The molecule has 0 saturated carbocycles. The molecule has 5 nitrogen and oxygen atoms in total. The number of amides is 1. The lowest BCUT2D eigenvalue weighted by molar-refractivity contribution is 0.0761. The molecule has 6 heteroatoms. The Morgan fingerprint density at radius 2 is 2.00 bits per heavy atom. The fraction of sp³-hybridized carbons (Fsp3) is 0.458. The van der Waals surface area contributed by atoms with Gasteiger partial charge in [0, 0.05) is 36.6 Å². The van der Waals surface area contributed by atoms with E-state index in [1.165, 1.54) is 10.6 Å². The van der Waals surface area contributed by atoms with Crippen molar-refractivity contribution in [2.75, 3.05) is 30.8 Å². The Morgan fingerprint density at radius 3 is 2.67 bits per heavy atom. The van der Waals surface area contributed by atoms with Gasteiger partial charge in [-0.25, -0.2) is 4.79 Å². The average Bonchev–Trinajstić information content (AvgIpc) is 3.20. The number of nitrogens with zero attached hydrogens (tertiary/aromatic N) is 2. The Kier molecular flexibility index (Phi) is 7.91. The number of ether oxygens (including phenoxy) is 2. The number of carbonyl (C=O) groups is 1. The van der Waals surface area contributed by atoms with Crippen molar-refractivity contribution < 1.29 is 14.3 Å². The Morgan fingerprint density at radius 1 is 1.23 bits per heavy atom. The Balaban J connectivity index is 1.58. The van der Waals surface area contributed by atoms with Crippen molar-refractivity contribution in [1.82, 2.24) is 4.90 Å². The third-order valence-corrected chi connectivity index (χ3v) is 5.88. The average molecular weight is 429 g/mol. The van der Waals surface area contributed by atoms with Crippen LogP contribution in [0.1, 0.15) is 32.8 Å². The molecule has 1 aliphatic rings. The van der Waals surface area contributed by atoms with Gasteiger partial charge in [-0.15, -0.1) is 11.8 Å². The summed E-state index contributed by atoms with van der Waals surface area (Å²) >= 11 is 1.76. The molecule has 162 valence electrons. The van der Waals surface area contributed by atoms with Crippen molar-refractivity contribution in [3.05, 3.63) is 54.1 Å². The minimum Gasteiger partial charge on any atom is -0.489 e. The number of rotatable bonds is 8. The first kappa shape index (κ1) is 22.3. The van der Waals surface area contributed by atoms with Crippen LogP contribution >= 0.6 is 11.8 Å². The van der Waals surface area contributed by atoms with Crippen LogP contribution in [0.25, 0.3) is 0 Å². The molecule has 2 aromatic carbocycles. The van der Waals surface area contributed by atoms with Gasteiger partial charge in [0.1, 0.15) is 11.9 Å². The third kappa shape index (κ3) is 6.08. The largest absolute Gasteiger partial charge is 0.489 e. The second kappa shape index (κ2) is 10.6. The van der Waals surface area contributed by atoms with Crippen LogP contribution in [0.15, 0.2) is 53.4 Å². The highest BCUT2D eigenvalue weighted by molar-refractivity contribution is 7.98. The Bertz CT molecular complexity index is 825. The molecule has 1 aliphatic heterocycles. The zero-order chi connectivity index (χ0) is 21.5. The highest BCUT2D eigenvalue weighted by atomic mass is 32.2. The van der Waals surface area contributed by atoms with Crippen LogP contribution in [0, 0.1) is 0 Å². The molecule has 1 heterocycles. The van der Waals surface area contributed by atoms with E-state index in [4.69, 9.17) is 9.47 Å². The molecule has 0 N–H and O–H groups in total. The molecule has 1 amide bonds. The van der Waals surface area contributed by atoms with E-state index in [1.807, 2.05) is 45.0 Å². The second-order valence-corrected chi connectivity index (χ2v) is 8.65. The lowest BCUT2D eigenvalue weighted by Crippen LogP contribution is -2.32. The van der Waals surface area contributed by atoms with Crippen LogP contribution in [0.5, 0.6) is 5.75 Å². The number of benzene rings is 2. The maximum atomic E-state index is 12.2. The van der Waals surface area contributed by atoms with Crippen LogP contribution in [-0.4, -0.2) is 49.1 Å². The molecule has 1 fully saturated rings. The lowest BCUT2D eigenvalue weighted by atomic mass is 10.2. The third-order valence-electron chi connectivity index (χ3n) is 5.13. The molecular formula is C24H32N2O3S. The normalized spacial score (nSPS) is 16.0. The highest BCUT2D eigenvalue weighted by Gasteiger charge is 2.24. The molecule has 1 unspecified atom stereocenters. The van der Waals surface area contributed by atoms with E-state index in [1.54, 1.807) is 16.7 Å². The van der Waals surface area contributed by atoms with Crippen LogP contribution in [0.3, 0.4) is 0 Å². The van der Waals surface area contributed by atoms with Crippen molar-refractivity contribution >= 4 is 23.5 Å². The molecule has 1 saturated heterocycles. The van der Waals surface area contributed by atoms with Crippen molar-refractivity contribution in [1.29, 1.82) is 0 Å². The molecule has 30 heavy (non-hydrogen) atoms. The molecule has 0 aromatic heterocycles. The summed E-state index contributed by atoms with van der Waals surface area (Å²) in [5.74, 6) is 0.852. The summed E-state index contributed by atoms with van der Waals surface area (Å²) in [6, 6.07) is 16.7. The fourth-order valence-electron chi connectivity index (χ4n) is 3.56. The van der Waals surface area contributed by atoms with Gasteiger partial charge in [0.2, 0.25) is 0 Å². The van der Waals surface area contributed by atoms with Gasteiger partial charge >= 0.3 is 6.09 Å². The molecular weight excluding hydrogens is 396 g/mol.